The van der Waals surface area contributed by atoms with Crippen molar-refractivity contribution >= 4 is 11.9 Å². The maximum absolute atomic E-state index is 13.4. The number of likely N-dealkylation sites (N-methyl/N-ethyl adjacent to an activating group) is 1. The van der Waals surface area contributed by atoms with Crippen LogP contribution in [-0.4, -0.2) is 65.0 Å². The Hall–Kier alpha value is -3.12. The largest absolute Gasteiger partial charge is 0.489 e. The van der Waals surface area contributed by atoms with Crippen molar-refractivity contribution in [2.75, 3.05) is 32.8 Å². The van der Waals surface area contributed by atoms with E-state index in [4.69, 9.17) is 4.74 Å². The van der Waals surface area contributed by atoms with Gasteiger partial charge in [0.25, 0.3) is 5.91 Å². The molecule has 0 bridgehead atoms. The molecule has 3 amide bonds. The fourth-order valence-corrected chi connectivity index (χ4v) is 4.99. The van der Waals surface area contributed by atoms with E-state index in [9.17, 15) is 9.59 Å². The standard InChI is InChI=1S/C27H33N3O3/c1-3-20-33-24-13-9-8-12-23(24)21-28-18-15-27(16-19-28)25(31)29(4-2)26(32)30(27)17-14-22-10-6-5-7-11-22/h3,5-13H,1,4,14-21H2,2H3. The van der Waals surface area contributed by atoms with E-state index in [1.165, 1.54) is 10.5 Å². The minimum absolute atomic E-state index is 0.0302. The van der Waals surface area contributed by atoms with Crippen LogP contribution in [0.3, 0.4) is 0 Å². The number of likely N-dealkylation sites (tertiary alicyclic amines) is 1. The Balaban J connectivity index is 1.46. The van der Waals surface area contributed by atoms with Gasteiger partial charge in [0.1, 0.15) is 17.9 Å². The monoisotopic (exact) mass is 447 g/mol. The van der Waals surface area contributed by atoms with Crippen LogP contribution < -0.4 is 4.74 Å². The fraction of sp³-hybridized carbons (Fsp3) is 0.407. The Labute approximate surface area is 196 Å². The number of benzene rings is 2. The average Bonchev–Trinajstić information content (AvgIpc) is 3.04. The van der Waals surface area contributed by atoms with E-state index >= 15 is 0 Å². The molecule has 174 valence electrons. The Morgan fingerprint density at radius 1 is 1.03 bits per heavy atom. The summed E-state index contributed by atoms with van der Waals surface area (Å²) in [5.41, 5.74) is 1.58. The summed E-state index contributed by atoms with van der Waals surface area (Å²) in [6, 6.07) is 18.1. The maximum Gasteiger partial charge on any atom is 0.327 e. The van der Waals surface area contributed by atoms with Crippen molar-refractivity contribution in [2.24, 2.45) is 0 Å². The first kappa shape index (κ1) is 23.1. The lowest BCUT2D eigenvalue weighted by atomic mass is 9.85. The minimum atomic E-state index is -0.725. The number of nitrogens with zero attached hydrogens (tertiary/aromatic N) is 3. The predicted octanol–water partition coefficient (Wildman–Crippen LogP) is 4.11. The fourth-order valence-electron chi connectivity index (χ4n) is 4.99. The van der Waals surface area contributed by atoms with E-state index in [-0.39, 0.29) is 11.9 Å². The van der Waals surface area contributed by atoms with Crippen molar-refractivity contribution in [3.8, 4) is 5.75 Å². The molecule has 1 spiro atoms. The number of urea groups is 1. The number of hydrogen-bond acceptors (Lipinski definition) is 4. The molecule has 0 radical (unpaired) electrons. The zero-order chi connectivity index (χ0) is 23.3. The van der Waals surface area contributed by atoms with Gasteiger partial charge >= 0.3 is 6.03 Å². The molecule has 2 aliphatic heterocycles. The van der Waals surface area contributed by atoms with Crippen LogP contribution in [0.4, 0.5) is 4.79 Å². The van der Waals surface area contributed by atoms with Gasteiger partial charge in [0.15, 0.2) is 0 Å². The van der Waals surface area contributed by atoms with Gasteiger partial charge in [0, 0.05) is 38.3 Å². The number of rotatable bonds is 9. The molecular weight excluding hydrogens is 414 g/mol. The van der Waals surface area contributed by atoms with Gasteiger partial charge in [-0.05, 0) is 37.8 Å². The number of imide groups is 1. The molecule has 33 heavy (non-hydrogen) atoms. The molecule has 2 aliphatic rings. The quantitative estimate of drug-likeness (QED) is 0.429. The molecule has 2 fully saturated rings. The normalized spacial score (nSPS) is 18.2. The number of amides is 3. The average molecular weight is 448 g/mol. The van der Waals surface area contributed by atoms with Crippen LogP contribution in [0.2, 0.25) is 0 Å². The highest BCUT2D eigenvalue weighted by Gasteiger charge is 2.57. The Bertz CT molecular complexity index is 983. The van der Waals surface area contributed by atoms with E-state index in [2.05, 4.69) is 29.7 Å². The number of ether oxygens (including phenoxy) is 1. The van der Waals surface area contributed by atoms with Crippen LogP contribution in [0.1, 0.15) is 30.9 Å². The molecule has 0 aliphatic carbocycles. The van der Waals surface area contributed by atoms with E-state index in [0.717, 1.165) is 37.4 Å². The topological polar surface area (TPSA) is 53.1 Å². The summed E-state index contributed by atoms with van der Waals surface area (Å²) in [5.74, 6) is 0.837. The third-order valence-corrected chi connectivity index (χ3v) is 6.81. The van der Waals surface area contributed by atoms with E-state index in [1.54, 1.807) is 6.08 Å². The highest BCUT2D eigenvalue weighted by molar-refractivity contribution is 6.07. The number of carbonyl (C=O) groups is 2. The zero-order valence-electron chi connectivity index (χ0n) is 19.4. The molecule has 2 aromatic carbocycles. The van der Waals surface area contributed by atoms with Gasteiger partial charge in [0.05, 0.1) is 0 Å². The smallest absolute Gasteiger partial charge is 0.327 e. The van der Waals surface area contributed by atoms with E-state index in [1.807, 2.05) is 48.2 Å². The second kappa shape index (κ2) is 10.2. The van der Waals surface area contributed by atoms with Crippen molar-refractivity contribution in [1.29, 1.82) is 0 Å². The van der Waals surface area contributed by atoms with Crippen molar-refractivity contribution in [3.63, 3.8) is 0 Å². The SMILES string of the molecule is C=CCOc1ccccc1CN1CCC2(CC1)C(=O)N(CC)C(=O)N2CCc1ccccc1. The Kier molecular flexibility index (Phi) is 7.14. The van der Waals surface area contributed by atoms with Gasteiger partial charge in [-0.25, -0.2) is 4.79 Å². The van der Waals surface area contributed by atoms with Crippen molar-refractivity contribution in [3.05, 3.63) is 78.4 Å². The summed E-state index contributed by atoms with van der Waals surface area (Å²) >= 11 is 0. The Morgan fingerprint density at radius 2 is 1.73 bits per heavy atom. The van der Waals surface area contributed by atoms with Crippen LogP contribution in [0.5, 0.6) is 5.75 Å². The van der Waals surface area contributed by atoms with Gasteiger partial charge in [-0.15, -0.1) is 0 Å². The lowest BCUT2D eigenvalue weighted by Crippen LogP contribution is -2.56. The zero-order valence-corrected chi connectivity index (χ0v) is 19.4. The third-order valence-electron chi connectivity index (χ3n) is 6.81. The lowest BCUT2D eigenvalue weighted by Gasteiger charge is -2.42. The molecule has 6 nitrogen and oxygen atoms in total. The van der Waals surface area contributed by atoms with Crippen molar-refractivity contribution in [1.82, 2.24) is 14.7 Å². The summed E-state index contributed by atoms with van der Waals surface area (Å²) in [6.07, 6.45) is 3.79. The van der Waals surface area contributed by atoms with Crippen LogP contribution in [-0.2, 0) is 17.8 Å². The van der Waals surface area contributed by atoms with Crippen LogP contribution in [0.15, 0.2) is 67.3 Å². The lowest BCUT2D eigenvalue weighted by molar-refractivity contribution is -0.135. The first-order chi connectivity index (χ1) is 16.1. The van der Waals surface area contributed by atoms with E-state index < -0.39 is 5.54 Å². The van der Waals surface area contributed by atoms with Gasteiger partial charge in [-0.3, -0.25) is 14.6 Å². The molecule has 4 rings (SSSR count). The van der Waals surface area contributed by atoms with Gasteiger partial charge in [-0.1, -0.05) is 61.2 Å². The summed E-state index contributed by atoms with van der Waals surface area (Å²) in [5, 5.41) is 0. The second-order valence-corrected chi connectivity index (χ2v) is 8.73. The number of carbonyl (C=O) groups excluding carboxylic acids is 2. The van der Waals surface area contributed by atoms with Crippen molar-refractivity contribution < 1.29 is 14.3 Å². The number of para-hydroxylation sites is 1. The van der Waals surface area contributed by atoms with Crippen LogP contribution >= 0.6 is 0 Å². The van der Waals surface area contributed by atoms with E-state index in [0.29, 0.717) is 32.5 Å². The highest BCUT2D eigenvalue weighted by Crippen LogP contribution is 2.38. The minimum Gasteiger partial charge on any atom is -0.489 e. The molecule has 0 unspecified atom stereocenters. The molecule has 6 heteroatoms. The summed E-state index contributed by atoms with van der Waals surface area (Å²) in [4.78, 5) is 32.2. The molecule has 2 aromatic rings. The van der Waals surface area contributed by atoms with Crippen molar-refractivity contribution in [2.45, 2.75) is 38.3 Å². The molecule has 0 saturated carbocycles. The summed E-state index contributed by atoms with van der Waals surface area (Å²) < 4.78 is 5.81. The maximum atomic E-state index is 13.4. The number of piperidine rings is 1. The van der Waals surface area contributed by atoms with Gasteiger partial charge in [0.2, 0.25) is 0 Å². The third kappa shape index (κ3) is 4.67. The first-order valence-corrected chi connectivity index (χ1v) is 11.8. The second-order valence-electron chi connectivity index (χ2n) is 8.73. The molecule has 0 N–H and O–H groups in total. The van der Waals surface area contributed by atoms with Gasteiger partial charge in [-0.2, -0.15) is 0 Å². The molecule has 0 aromatic heterocycles. The van der Waals surface area contributed by atoms with Crippen LogP contribution in [0, 0.1) is 0 Å². The molecule has 2 saturated heterocycles. The van der Waals surface area contributed by atoms with Crippen LogP contribution in [0.25, 0.3) is 0 Å². The summed E-state index contributed by atoms with van der Waals surface area (Å²) in [6.45, 7) is 9.32. The number of hydrogen-bond donors (Lipinski definition) is 0. The predicted molar refractivity (Wildman–Crippen MR) is 129 cm³/mol. The van der Waals surface area contributed by atoms with Gasteiger partial charge < -0.3 is 9.64 Å². The molecular formula is C27H33N3O3. The molecule has 0 atom stereocenters. The highest BCUT2D eigenvalue weighted by atomic mass is 16.5. The first-order valence-electron chi connectivity index (χ1n) is 11.8. The Morgan fingerprint density at radius 3 is 2.42 bits per heavy atom. The summed E-state index contributed by atoms with van der Waals surface area (Å²) in [7, 11) is 0. The molecule has 2 heterocycles.